The zero-order chi connectivity index (χ0) is 22.1. The Morgan fingerprint density at radius 1 is 0.774 bits per heavy atom. The van der Waals surface area contributed by atoms with Gasteiger partial charge in [0.1, 0.15) is 17.9 Å². The van der Waals surface area contributed by atoms with Crippen LogP contribution < -0.4 is 10.1 Å². The molecule has 0 unspecified atom stereocenters. The summed E-state index contributed by atoms with van der Waals surface area (Å²) in [4.78, 5) is 36.4. The molecule has 0 bridgehead atoms. The first kappa shape index (κ1) is 21.6. The topological polar surface area (TPSA) is 90.9 Å². The maximum Gasteiger partial charge on any atom is 0.417 e. The third kappa shape index (κ3) is 6.17. The van der Waals surface area contributed by atoms with Crippen LogP contribution in [0.5, 0.6) is 5.75 Å². The first-order chi connectivity index (χ1) is 15.1. The number of benzene rings is 3. The van der Waals surface area contributed by atoms with E-state index in [0.717, 1.165) is 5.56 Å². The first-order valence-electron chi connectivity index (χ1n) is 9.63. The number of para-hydroxylation sites is 1. The molecule has 3 aromatic carbocycles. The molecule has 0 fully saturated rings. The second-order valence-corrected chi connectivity index (χ2v) is 6.37. The quantitative estimate of drug-likeness (QED) is 0.552. The van der Waals surface area contributed by atoms with Crippen molar-refractivity contribution < 1.29 is 28.6 Å². The molecule has 7 nitrogen and oxygen atoms in total. The van der Waals surface area contributed by atoms with Gasteiger partial charge in [-0.1, -0.05) is 42.5 Å². The van der Waals surface area contributed by atoms with E-state index in [2.05, 4.69) is 5.32 Å². The van der Waals surface area contributed by atoms with E-state index in [1.807, 2.05) is 30.3 Å². The summed E-state index contributed by atoms with van der Waals surface area (Å²) < 4.78 is 15.5. The van der Waals surface area contributed by atoms with Crippen molar-refractivity contribution in [2.45, 2.75) is 13.5 Å². The van der Waals surface area contributed by atoms with Gasteiger partial charge in [0, 0.05) is 5.69 Å². The van der Waals surface area contributed by atoms with E-state index in [1.54, 1.807) is 31.2 Å². The highest BCUT2D eigenvalue weighted by Gasteiger charge is 2.17. The number of esters is 2. The molecular weight excluding hydrogens is 398 g/mol. The molecule has 0 aromatic heterocycles. The van der Waals surface area contributed by atoms with Crippen molar-refractivity contribution in [1.29, 1.82) is 0 Å². The van der Waals surface area contributed by atoms with Crippen molar-refractivity contribution >= 4 is 23.7 Å². The van der Waals surface area contributed by atoms with E-state index in [0.29, 0.717) is 11.3 Å². The van der Waals surface area contributed by atoms with E-state index in [1.165, 1.54) is 24.3 Å². The standard InChI is InChI=1S/C24H21NO6/c1-2-29-22(26)18-12-14-19(15-13-18)25-24(28)31-21-11-7-6-10-20(21)23(27)30-16-17-8-4-3-5-9-17/h3-15H,2,16H2,1H3,(H,25,28). The number of amides is 1. The average molecular weight is 419 g/mol. The highest BCUT2D eigenvalue weighted by atomic mass is 16.6. The van der Waals surface area contributed by atoms with E-state index < -0.39 is 18.0 Å². The summed E-state index contributed by atoms with van der Waals surface area (Å²) in [6, 6.07) is 21.7. The third-order valence-corrected chi connectivity index (χ3v) is 4.16. The fraction of sp³-hybridized carbons (Fsp3) is 0.125. The van der Waals surface area contributed by atoms with Crippen molar-refractivity contribution in [2.24, 2.45) is 0 Å². The van der Waals surface area contributed by atoms with Crippen molar-refractivity contribution in [1.82, 2.24) is 0 Å². The molecule has 7 heteroatoms. The van der Waals surface area contributed by atoms with Crippen LogP contribution in [0.3, 0.4) is 0 Å². The lowest BCUT2D eigenvalue weighted by Gasteiger charge is -2.11. The van der Waals surface area contributed by atoms with Gasteiger partial charge in [-0.15, -0.1) is 0 Å². The molecule has 0 heterocycles. The fourth-order valence-corrected chi connectivity index (χ4v) is 2.67. The molecule has 3 rings (SSSR count). The Morgan fingerprint density at radius 3 is 2.16 bits per heavy atom. The second-order valence-electron chi connectivity index (χ2n) is 6.37. The number of hydrogen-bond acceptors (Lipinski definition) is 6. The zero-order valence-electron chi connectivity index (χ0n) is 16.9. The number of carbonyl (C=O) groups excluding carboxylic acids is 3. The lowest BCUT2D eigenvalue weighted by molar-refractivity contribution is 0.0468. The van der Waals surface area contributed by atoms with Crippen molar-refractivity contribution in [3.63, 3.8) is 0 Å². The molecule has 0 aliphatic heterocycles. The van der Waals surface area contributed by atoms with Crippen LogP contribution in [0, 0.1) is 0 Å². The monoisotopic (exact) mass is 419 g/mol. The van der Waals surface area contributed by atoms with Gasteiger partial charge in [-0.3, -0.25) is 5.32 Å². The highest BCUT2D eigenvalue weighted by molar-refractivity contribution is 5.95. The lowest BCUT2D eigenvalue weighted by atomic mass is 10.2. The molecule has 0 aliphatic carbocycles. The summed E-state index contributed by atoms with van der Waals surface area (Å²) in [5.74, 6) is -0.980. The van der Waals surface area contributed by atoms with Crippen LogP contribution >= 0.6 is 0 Å². The molecular formula is C24H21NO6. The third-order valence-electron chi connectivity index (χ3n) is 4.16. The van der Waals surface area contributed by atoms with E-state index in [4.69, 9.17) is 14.2 Å². The number of ether oxygens (including phenoxy) is 3. The van der Waals surface area contributed by atoms with Crippen molar-refractivity contribution in [3.05, 3.63) is 95.6 Å². The van der Waals surface area contributed by atoms with Crippen LogP contribution in [-0.2, 0) is 16.1 Å². The maximum absolute atomic E-state index is 12.5. The Hall–Kier alpha value is -4.13. The smallest absolute Gasteiger partial charge is 0.417 e. The molecule has 158 valence electrons. The molecule has 31 heavy (non-hydrogen) atoms. The molecule has 0 saturated heterocycles. The van der Waals surface area contributed by atoms with Crippen molar-refractivity contribution in [2.75, 3.05) is 11.9 Å². The molecule has 0 atom stereocenters. The van der Waals surface area contributed by atoms with Crippen molar-refractivity contribution in [3.8, 4) is 5.75 Å². The van der Waals surface area contributed by atoms with Crippen LogP contribution in [0.1, 0.15) is 33.2 Å². The Labute approximate surface area is 179 Å². The number of hydrogen-bond donors (Lipinski definition) is 1. The molecule has 0 radical (unpaired) electrons. The Morgan fingerprint density at radius 2 is 1.45 bits per heavy atom. The van der Waals surface area contributed by atoms with Crippen LogP contribution in [-0.4, -0.2) is 24.6 Å². The van der Waals surface area contributed by atoms with Crippen LogP contribution in [0.15, 0.2) is 78.9 Å². The Bertz CT molecular complexity index is 1050. The number of anilines is 1. The van der Waals surface area contributed by atoms with Crippen LogP contribution in [0.25, 0.3) is 0 Å². The zero-order valence-corrected chi connectivity index (χ0v) is 16.9. The summed E-state index contributed by atoms with van der Waals surface area (Å²) in [7, 11) is 0. The minimum Gasteiger partial charge on any atom is -0.462 e. The fourth-order valence-electron chi connectivity index (χ4n) is 2.67. The van der Waals surface area contributed by atoms with Crippen LogP contribution in [0.4, 0.5) is 10.5 Å². The van der Waals surface area contributed by atoms with Gasteiger partial charge >= 0.3 is 18.0 Å². The second kappa shape index (κ2) is 10.6. The average Bonchev–Trinajstić information content (AvgIpc) is 2.79. The summed E-state index contributed by atoms with van der Waals surface area (Å²) in [5.41, 5.74) is 1.76. The van der Waals surface area contributed by atoms with Gasteiger partial charge in [-0.05, 0) is 48.9 Å². The molecule has 1 amide bonds. The van der Waals surface area contributed by atoms with Gasteiger partial charge in [-0.25, -0.2) is 14.4 Å². The summed E-state index contributed by atoms with van der Waals surface area (Å²) in [6.07, 6.45) is -0.785. The highest BCUT2D eigenvalue weighted by Crippen LogP contribution is 2.21. The van der Waals surface area contributed by atoms with Gasteiger partial charge in [0.05, 0.1) is 12.2 Å². The van der Waals surface area contributed by atoms with Gasteiger partial charge in [-0.2, -0.15) is 0 Å². The normalized spacial score (nSPS) is 10.1. The van der Waals surface area contributed by atoms with Gasteiger partial charge < -0.3 is 14.2 Å². The van der Waals surface area contributed by atoms with Crippen LogP contribution in [0.2, 0.25) is 0 Å². The first-order valence-corrected chi connectivity index (χ1v) is 9.63. The number of nitrogens with one attached hydrogen (secondary N) is 1. The van der Waals surface area contributed by atoms with E-state index in [-0.39, 0.29) is 24.5 Å². The minimum absolute atomic E-state index is 0.0706. The molecule has 1 N–H and O–H groups in total. The van der Waals surface area contributed by atoms with E-state index >= 15 is 0 Å². The summed E-state index contributed by atoms with van der Waals surface area (Å²) in [6.45, 7) is 2.10. The minimum atomic E-state index is -0.785. The molecule has 0 spiro atoms. The van der Waals surface area contributed by atoms with Gasteiger partial charge in [0.15, 0.2) is 0 Å². The largest absolute Gasteiger partial charge is 0.462 e. The molecule has 0 saturated carbocycles. The number of carbonyl (C=O) groups is 3. The Kier molecular flexibility index (Phi) is 7.37. The molecule has 0 aliphatic rings. The van der Waals surface area contributed by atoms with Gasteiger partial charge in [0.2, 0.25) is 0 Å². The molecule has 3 aromatic rings. The summed E-state index contributed by atoms with van der Waals surface area (Å²) in [5, 5.41) is 2.55. The predicted octanol–water partition coefficient (Wildman–Crippen LogP) is 4.83. The maximum atomic E-state index is 12.5. The lowest BCUT2D eigenvalue weighted by Crippen LogP contribution is -2.18. The van der Waals surface area contributed by atoms with Gasteiger partial charge in [0.25, 0.3) is 0 Å². The SMILES string of the molecule is CCOC(=O)c1ccc(NC(=O)Oc2ccccc2C(=O)OCc2ccccc2)cc1. The predicted molar refractivity (Wildman–Crippen MR) is 114 cm³/mol. The van der Waals surface area contributed by atoms with E-state index in [9.17, 15) is 14.4 Å². The summed E-state index contributed by atoms with van der Waals surface area (Å²) >= 11 is 0. The number of rotatable bonds is 7. The Balaban J connectivity index is 1.61.